The number of aromatic nitrogens is 1. The molecule has 1 fully saturated rings. The maximum Gasteiger partial charge on any atom is 0.314 e. The number of anilines is 1. The summed E-state index contributed by atoms with van der Waals surface area (Å²) in [6.07, 6.45) is 3.09. The van der Waals surface area contributed by atoms with Gasteiger partial charge in [0.1, 0.15) is 0 Å². The topological polar surface area (TPSA) is 85.1 Å². The van der Waals surface area contributed by atoms with E-state index in [2.05, 4.69) is 10.3 Å². The van der Waals surface area contributed by atoms with Crippen molar-refractivity contribution < 1.29 is 9.13 Å². The molecule has 2 heterocycles. The van der Waals surface area contributed by atoms with Gasteiger partial charge in [-0.05, 0) is 25.8 Å². The molecular weight excluding hydrogens is 254 g/mol. The molecule has 1 aromatic heterocycles. The van der Waals surface area contributed by atoms with E-state index in [0.29, 0.717) is 22.9 Å². The Bertz CT molecular complexity index is 482. The summed E-state index contributed by atoms with van der Waals surface area (Å²) in [5.74, 6) is 1.62. The van der Waals surface area contributed by atoms with Gasteiger partial charge in [-0.15, -0.1) is 0 Å². The van der Waals surface area contributed by atoms with Gasteiger partial charge in [-0.2, -0.15) is 0 Å². The average Bonchev–Trinajstić information content (AvgIpc) is 2.32. The fourth-order valence-corrected chi connectivity index (χ4v) is 3.32. The first kappa shape index (κ1) is 12.9. The predicted octanol–water partition coefficient (Wildman–Crippen LogP) is 1.62. The van der Waals surface area contributed by atoms with Crippen molar-refractivity contribution in [3.8, 4) is 0 Å². The second-order valence-electron chi connectivity index (χ2n) is 4.35. The number of hydrogen-bond acceptors (Lipinski definition) is 5. The number of hydrogen-bond donors (Lipinski definition) is 1. The summed E-state index contributed by atoms with van der Waals surface area (Å²) in [6, 6.07) is 1.75. The van der Waals surface area contributed by atoms with Crippen LogP contribution in [-0.2, 0) is 10.8 Å². The Morgan fingerprint density at radius 1 is 1.50 bits per heavy atom. The van der Waals surface area contributed by atoms with E-state index in [0.717, 1.165) is 12.8 Å². The van der Waals surface area contributed by atoms with Gasteiger partial charge in [0, 0.05) is 40.1 Å². The molecule has 0 spiro atoms. The van der Waals surface area contributed by atoms with Gasteiger partial charge in [0.25, 0.3) is 0 Å². The summed E-state index contributed by atoms with van der Waals surface area (Å²) in [5, 5.41) is 14.1. The van der Waals surface area contributed by atoms with E-state index in [4.69, 9.17) is 0 Å². The van der Waals surface area contributed by atoms with Gasteiger partial charge in [-0.3, -0.25) is 14.3 Å². The lowest BCUT2D eigenvalue weighted by molar-refractivity contribution is -0.384. The van der Waals surface area contributed by atoms with Crippen LogP contribution in [0.3, 0.4) is 0 Å². The van der Waals surface area contributed by atoms with Crippen molar-refractivity contribution in [3.05, 3.63) is 27.9 Å². The highest BCUT2D eigenvalue weighted by Crippen LogP contribution is 2.27. The summed E-state index contributed by atoms with van der Waals surface area (Å²) in [5.41, 5.74) is 0.626. The van der Waals surface area contributed by atoms with Crippen molar-refractivity contribution in [2.75, 3.05) is 16.8 Å². The molecule has 98 valence electrons. The maximum absolute atomic E-state index is 11.2. The fraction of sp³-hybridized carbons (Fsp3) is 0.545. The van der Waals surface area contributed by atoms with Crippen LogP contribution < -0.4 is 5.32 Å². The minimum Gasteiger partial charge on any atom is -0.362 e. The standard InChI is InChI=1S/C11H15N3O3S/c1-8-2-5-12-11(10(8)14(15)16)13-9-3-6-18(17)7-4-9/h2,5,9H,3-4,6-7H2,1H3,(H,12,13). The molecule has 0 atom stereocenters. The second kappa shape index (κ2) is 5.43. The highest BCUT2D eigenvalue weighted by molar-refractivity contribution is 7.85. The molecule has 1 aliphatic heterocycles. The summed E-state index contributed by atoms with van der Waals surface area (Å²) >= 11 is 0. The summed E-state index contributed by atoms with van der Waals surface area (Å²) in [4.78, 5) is 14.6. The van der Waals surface area contributed by atoms with Crippen molar-refractivity contribution in [2.24, 2.45) is 0 Å². The minimum atomic E-state index is -0.732. The third-order valence-electron chi connectivity index (χ3n) is 3.04. The number of pyridine rings is 1. The molecule has 1 aromatic rings. The lowest BCUT2D eigenvalue weighted by atomic mass is 10.1. The van der Waals surface area contributed by atoms with Crippen LogP contribution in [0.25, 0.3) is 0 Å². The average molecular weight is 269 g/mol. The summed E-state index contributed by atoms with van der Waals surface area (Å²) < 4.78 is 11.2. The quantitative estimate of drug-likeness (QED) is 0.665. The van der Waals surface area contributed by atoms with Crippen molar-refractivity contribution >= 4 is 22.3 Å². The van der Waals surface area contributed by atoms with Gasteiger partial charge in [0.05, 0.1) is 4.92 Å². The molecule has 18 heavy (non-hydrogen) atoms. The van der Waals surface area contributed by atoms with E-state index in [1.165, 1.54) is 0 Å². The third-order valence-corrected chi connectivity index (χ3v) is 4.42. The first-order valence-electron chi connectivity index (χ1n) is 5.79. The SMILES string of the molecule is Cc1ccnc(NC2CCS(=O)CC2)c1[N+](=O)[O-]. The van der Waals surface area contributed by atoms with Crippen molar-refractivity contribution in [2.45, 2.75) is 25.8 Å². The molecule has 1 saturated heterocycles. The van der Waals surface area contributed by atoms with Gasteiger partial charge >= 0.3 is 5.69 Å². The Labute approximate surface area is 107 Å². The largest absolute Gasteiger partial charge is 0.362 e. The zero-order chi connectivity index (χ0) is 13.1. The first-order chi connectivity index (χ1) is 8.58. The van der Waals surface area contributed by atoms with Crippen LogP contribution >= 0.6 is 0 Å². The van der Waals surface area contributed by atoms with Crippen LogP contribution in [-0.4, -0.2) is 31.7 Å². The molecule has 2 rings (SSSR count). The number of nitro groups is 1. The lowest BCUT2D eigenvalue weighted by Crippen LogP contribution is -2.30. The Balaban J connectivity index is 2.16. The molecule has 0 radical (unpaired) electrons. The van der Waals surface area contributed by atoms with Crippen LogP contribution in [0.1, 0.15) is 18.4 Å². The van der Waals surface area contributed by atoms with Crippen LogP contribution in [0.5, 0.6) is 0 Å². The highest BCUT2D eigenvalue weighted by Gasteiger charge is 2.23. The van der Waals surface area contributed by atoms with E-state index < -0.39 is 15.7 Å². The molecule has 0 aromatic carbocycles. The lowest BCUT2D eigenvalue weighted by Gasteiger charge is -2.22. The van der Waals surface area contributed by atoms with Crippen LogP contribution in [0.4, 0.5) is 11.5 Å². The third kappa shape index (κ3) is 2.84. The summed E-state index contributed by atoms with van der Waals surface area (Å²) in [6.45, 7) is 1.70. The fourth-order valence-electron chi connectivity index (χ4n) is 2.02. The van der Waals surface area contributed by atoms with E-state index in [1.807, 2.05) is 0 Å². The Hall–Kier alpha value is -1.50. The van der Waals surface area contributed by atoms with Crippen molar-refractivity contribution in [1.29, 1.82) is 0 Å². The Morgan fingerprint density at radius 2 is 2.17 bits per heavy atom. The van der Waals surface area contributed by atoms with Crippen LogP contribution in [0, 0.1) is 17.0 Å². The molecule has 0 saturated carbocycles. The Kier molecular flexibility index (Phi) is 3.90. The molecule has 1 N–H and O–H groups in total. The molecule has 0 unspecified atom stereocenters. The normalized spacial score (nSPS) is 23.6. The van der Waals surface area contributed by atoms with E-state index in [-0.39, 0.29) is 11.7 Å². The molecule has 0 aliphatic carbocycles. The molecule has 7 heteroatoms. The number of rotatable bonds is 3. The number of nitrogens with one attached hydrogen (secondary N) is 1. The second-order valence-corrected chi connectivity index (χ2v) is 6.05. The van der Waals surface area contributed by atoms with Gasteiger partial charge in [0.2, 0.25) is 5.82 Å². The van der Waals surface area contributed by atoms with Gasteiger partial charge in [-0.1, -0.05) is 0 Å². The summed E-state index contributed by atoms with van der Waals surface area (Å²) in [7, 11) is -0.732. The zero-order valence-corrected chi connectivity index (χ0v) is 10.9. The smallest absolute Gasteiger partial charge is 0.314 e. The zero-order valence-electron chi connectivity index (χ0n) is 10.1. The minimum absolute atomic E-state index is 0.0317. The molecule has 0 amide bonds. The first-order valence-corrected chi connectivity index (χ1v) is 7.28. The Morgan fingerprint density at radius 3 is 2.78 bits per heavy atom. The maximum atomic E-state index is 11.2. The number of nitrogens with zero attached hydrogens (tertiary/aromatic N) is 2. The van der Waals surface area contributed by atoms with Gasteiger partial charge in [0.15, 0.2) is 0 Å². The van der Waals surface area contributed by atoms with Gasteiger partial charge < -0.3 is 5.32 Å². The van der Waals surface area contributed by atoms with Crippen LogP contribution in [0.2, 0.25) is 0 Å². The molecule has 0 bridgehead atoms. The van der Waals surface area contributed by atoms with E-state index in [9.17, 15) is 14.3 Å². The van der Waals surface area contributed by atoms with Crippen molar-refractivity contribution in [3.63, 3.8) is 0 Å². The van der Waals surface area contributed by atoms with E-state index in [1.54, 1.807) is 19.2 Å². The molecule has 6 nitrogen and oxygen atoms in total. The highest BCUT2D eigenvalue weighted by atomic mass is 32.2. The van der Waals surface area contributed by atoms with Crippen LogP contribution in [0.15, 0.2) is 12.3 Å². The van der Waals surface area contributed by atoms with Gasteiger partial charge in [-0.25, -0.2) is 4.98 Å². The predicted molar refractivity (Wildman–Crippen MR) is 70.1 cm³/mol. The number of aryl methyl sites for hydroxylation is 1. The molecular formula is C11H15N3O3S. The van der Waals surface area contributed by atoms with Crippen molar-refractivity contribution in [1.82, 2.24) is 4.98 Å². The monoisotopic (exact) mass is 269 g/mol. The molecule has 1 aliphatic rings. The van der Waals surface area contributed by atoms with E-state index >= 15 is 0 Å².